The molecule has 3 rings (SSSR count). The predicted molar refractivity (Wildman–Crippen MR) is 113 cm³/mol. The van der Waals surface area contributed by atoms with Crippen LogP contribution in [0, 0.1) is 17.0 Å². The van der Waals surface area contributed by atoms with Crippen LogP contribution in [0.3, 0.4) is 0 Å². The van der Waals surface area contributed by atoms with E-state index in [9.17, 15) is 19.7 Å². The lowest BCUT2D eigenvalue weighted by molar-refractivity contribution is -0.384. The van der Waals surface area contributed by atoms with Crippen LogP contribution >= 0.6 is 0 Å². The Morgan fingerprint density at radius 3 is 2.03 bits per heavy atom. The fourth-order valence-electron chi connectivity index (χ4n) is 3.03. The number of Topliss-reactive ketones (excluding diaryl/α,β-unsaturated/α-hetero) is 1. The van der Waals surface area contributed by atoms with Crippen molar-refractivity contribution in [3.63, 3.8) is 0 Å². The highest BCUT2D eigenvalue weighted by Crippen LogP contribution is 2.26. The van der Waals surface area contributed by atoms with Gasteiger partial charge in [0.25, 0.3) is 5.69 Å². The van der Waals surface area contributed by atoms with Crippen molar-refractivity contribution in [3.8, 4) is 0 Å². The number of rotatable bonds is 8. The van der Waals surface area contributed by atoms with Crippen LogP contribution in [0.25, 0.3) is 0 Å². The van der Waals surface area contributed by atoms with E-state index in [0.717, 1.165) is 5.56 Å². The molecule has 0 saturated carbocycles. The quantitative estimate of drug-likeness (QED) is 0.310. The average molecular weight is 404 g/mol. The van der Waals surface area contributed by atoms with Crippen LogP contribution in [-0.2, 0) is 0 Å². The number of benzene rings is 3. The maximum absolute atomic E-state index is 12.8. The van der Waals surface area contributed by atoms with Gasteiger partial charge in [-0.3, -0.25) is 14.9 Å². The van der Waals surface area contributed by atoms with Crippen LogP contribution in [0.2, 0.25) is 0 Å². The lowest BCUT2D eigenvalue weighted by Gasteiger charge is -2.20. The molecule has 0 saturated heterocycles. The summed E-state index contributed by atoms with van der Waals surface area (Å²) in [4.78, 5) is 34.3. The third-order valence-electron chi connectivity index (χ3n) is 4.74. The normalized spacial score (nSPS) is 11.5. The van der Waals surface area contributed by atoms with E-state index in [4.69, 9.17) is 5.11 Å². The fraction of sp³-hybridized carbons (Fsp3) is 0.130. The third kappa shape index (κ3) is 5.08. The first-order chi connectivity index (χ1) is 14.3. The number of carboxylic acid groups (broad SMARTS) is 1. The molecule has 7 heteroatoms. The van der Waals surface area contributed by atoms with Gasteiger partial charge >= 0.3 is 5.97 Å². The third-order valence-corrected chi connectivity index (χ3v) is 4.74. The van der Waals surface area contributed by atoms with Crippen molar-refractivity contribution in [3.05, 3.63) is 105 Å². The summed E-state index contributed by atoms with van der Waals surface area (Å²) in [6, 6.07) is 19.0. The molecular weight excluding hydrogens is 384 g/mol. The molecule has 152 valence electrons. The number of anilines is 1. The second kappa shape index (κ2) is 9.00. The fourth-order valence-corrected chi connectivity index (χ4v) is 3.03. The summed E-state index contributed by atoms with van der Waals surface area (Å²) < 4.78 is 0. The molecule has 0 aliphatic carbocycles. The maximum Gasteiger partial charge on any atom is 0.335 e. The van der Waals surface area contributed by atoms with Crippen molar-refractivity contribution in [2.24, 2.45) is 0 Å². The van der Waals surface area contributed by atoms with E-state index in [0.29, 0.717) is 16.8 Å². The predicted octanol–water partition coefficient (Wildman–Crippen LogP) is 5.03. The van der Waals surface area contributed by atoms with Crippen molar-refractivity contribution in [1.29, 1.82) is 0 Å². The van der Waals surface area contributed by atoms with Crippen molar-refractivity contribution in [1.82, 2.24) is 0 Å². The Hall–Kier alpha value is -4.00. The molecule has 0 radical (unpaired) electrons. The van der Waals surface area contributed by atoms with Gasteiger partial charge in [0.1, 0.15) is 0 Å². The highest BCUT2D eigenvalue weighted by atomic mass is 16.6. The molecule has 0 aliphatic heterocycles. The minimum absolute atomic E-state index is 0.0341. The van der Waals surface area contributed by atoms with Crippen LogP contribution in [0.15, 0.2) is 72.8 Å². The smallest absolute Gasteiger partial charge is 0.335 e. The molecule has 30 heavy (non-hydrogen) atoms. The van der Waals surface area contributed by atoms with Gasteiger partial charge in [-0.1, -0.05) is 42.0 Å². The van der Waals surface area contributed by atoms with Gasteiger partial charge in [-0.15, -0.1) is 0 Å². The van der Waals surface area contributed by atoms with E-state index in [-0.39, 0.29) is 23.5 Å². The zero-order valence-electron chi connectivity index (χ0n) is 16.2. The first-order valence-electron chi connectivity index (χ1n) is 9.27. The van der Waals surface area contributed by atoms with E-state index in [1.54, 1.807) is 36.4 Å². The van der Waals surface area contributed by atoms with Crippen molar-refractivity contribution >= 4 is 23.1 Å². The number of carboxylic acids is 1. The zero-order valence-corrected chi connectivity index (χ0v) is 16.2. The highest BCUT2D eigenvalue weighted by molar-refractivity contribution is 5.96. The molecule has 0 spiro atoms. The van der Waals surface area contributed by atoms with Gasteiger partial charge in [0.15, 0.2) is 5.78 Å². The van der Waals surface area contributed by atoms with Crippen LogP contribution in [-0.4, -0.2) is 21.8 Å². The topological polar surface area (TPSA) is 110 Å². The second-order valence-corrected chi connectivity index (χ2v) is 6.92. The van der Waals surface area contributed by atoms with Gasteiger partial charge in [-0.25, -0.2) is 4.79 Å². The van der Waals surface area contributed by atoms with E-state index >= 15 is 0 Å². The number of hydrogen-bond donors (Lipinski definition) is 2. The lowest BCUT2D eigenvalue weighted by atomic mass is 9.97. The molecule has 1 atom stereocenters. The Morgan fingerprint density at radius 1 is 0.933 bits per heavy atom. The summed E-state index contributed by atoms with van der Waals surface area (Å²) in [5.74, 6) is -1.10. The van der Waals surface area contributed by atoms with Crippen LogP contribution in [0.1, 0.15) is 44.3 Å². The van der Waals surface area contributed by atoms with Gasteiger partial charge < -0.3 is 10.4 Å². The average Bonchev–Trinajstić information content (AvgIpc) is 2.74. The standard InChI is InChI=1S/C23H20N2O5/c1-15-2-4-17(5-3-15)22(26)14-21(16-8-12-20(13-9-16)25(29)30)24-19-10-6-18(7-11-19)23(27)28/h2-13,21,24H,14H2,1H3,(H,27,28). The summed E-state index contributed by atoms with van der Waals surface area (Å²) in [6.07, 6.45) is 0.127. The van der Waals surface area contributed by atoms with E-state index < -0.39 is 16.9 Å². The van der Waals surface area contributed by atoms with Gasteiger partial charge in [-0.2, -0.15) is 0 Å². The second-order valence-electron chi connectivity index (χ2n) is 6.92. The molecule has 2 N–H and O–H groups in total. The Labute approximate surface area is 173 Å². The molecule has 0 aliphatic rings. The van der Waals surface area contributed by atoms with Crippen LogP contribution in [0.4, 0.5) is 11.4 Å². The van der Waals surface area contributed by atoms with Crippen molar-refractivity contribution in [2.75, 3.05) is 5.32 Å². The lowest BCUT2D eigenvalue weighted by Crippen LogP contribution is -2.16. The number of nitrogens with zero attached hydrogens (tertiary/aromatic N) is 1. The SMILES string of the molecule is Cc1ccc(C(=O)CC(Nc2ccc(C(=O)O)cc2)c2ccc([N+](=O)[O-])cc2)cc1. The summed E-state index contributed by atoms with van der Waals surface area (Å²) in [5.41, 5.74) is 3.10. The van der Waals surface area contributed by atoms with Crippen molar-refractivity contribution in [2.45, 2.75) is 19.4 Å². The van der Waals surface area contributed by atoms with Crippen LogP contribution in [0.5, 0.6) is 0 Å². The molecule has 0 fully saturated rings. The largest absolute Gasteiger partial charge is 0.478 e. The molecule has 0 bridgehead atoms. The number of non-ortho nitro benzene ring substituents is 1. The number of hydrogen-bond acceptors (Lipinski definition) is 5. The molecular formula is C23H20N2O5. The Kier molecular flexibility index (Phi) is 6.22. The first kappa shape index (κ1) is 20.7. The Balaban J connectivity index is 1.87. The van der Waals surface area contributed by atoms with Crippen molar-refractivity contribution < 1.29 is 19.6 Å². The number of aryl methyl sites for hydroxylation is 1. The maximum atomic E-state index is 12.8. The molecule has 0 heterocycles. The zero-order chi connectivity index (χ0) is 21.7. The minimum atomic E-state index is -1.02. The summed E-state index contributed by atoms with van der Waals surface area (Å²) in [7, 11) is 0. The highest BCUT2D eigenvalue weighted by Gasteiger charge is 2.19. The van der Waals surface area contributed by atoms with Crippen LogP contribution < -0.4 is 5.32 Å². The van der Waals surface area contributed by atoms with Gasteiger partial charge in [-0.05, 0) is 36.8 Å². The first-order valence-corrected chi connectivity index (χ1v) is 9.27. The van der Waals surface area contributed by atoms with Gasteiger partial charge in [0, 0.05) is 29.8 Å². The van der Waals surface area contributed by atoms with E-state index in [1.807, 2.05) is 19.1 Å². The molecule has 3 aromatic carbocycles. The summed E-state index contributed by atoms with van der Waals surface area (Å²) in [5, 5.41) is 23.2. The van der Waals surface area contributed by atoms with Gasteiger partial charge in [0.05, 0.1) is 16.5 Å². The molecule has 0 aromatic heterocycles. The monoisotopic (exact) mass is 404 g/mol. The number of aromatic carboxylic acids is 1. The Bertz CT molecular complexity index is 1060. The van der Waals surface area contributed by atoms with Gasteiger partial charge in [0.2, 0.25) is 0 Å². The number of nitro groups is 1. The Morgan fingerprint density at radius 2 is 1.50 bits per heavy atom. The summed E-state index contributed by atoms with van der Waals surface area (Å²) in [6.45, 7) is 1.94. The number of nitro benzene ring substituents is 1. The number of carbonyl (C=O) groups excluding carboxylic acids is 1. The van der Waals surface area contributed by atoms with E-state index in [1.165, 1.54) is 24.3 Å². The number of nitrogens with one attached hydrogen (secondary N) is 1. The molecule has 0 amide bonds. The minimum Gasteiger partial charge on any atom is -0.478 e. The molecule has 1 unspecified atom stereocenters. The molecule has 7 nitrogen and oxygen atoms in total. The number of ketones is 1. The van der Waals surface area contributed by atoms with E-state index in [2.05, 4.69) is 5.32 Å². The number of carbonyl (C=O) groups is 2. The molecule has 3 aromatic rings. The summed E-state index contributed by atoms with van der Waals surface area (Å²) >= 11 is 0.